The Kier molecular flexibility index (Phi) is 3.97. The van der Waals surface area contributed by atoms with Gasteiger partial charge in [0, 0.05) is 32.7 Å². The van der Waals surface area contributed by atoms with Crippen LogP contribution >= 0.6 is 0 Å². The average molecular weight is 284 g/mol. The molecular weight excluding hydrogens is 260 g/mol. The highest BCUT2D eigenvalue weighted by Crippen LogP contribution is 2.23. The molecule has 1 atom stereocenters. The summed E-state index contributed by atoms with van der Waals surface area (Å²) >= 11 is 0. The molecule has 1 aliphatic heterocycles. The molecular formula is C17H24N4. The highest BCUT2D eigenvalue weighted by molar-refractivity contribution is 5.52. The number of rotatable bonds is 4. The van der Waals surface area contributed by atoms with Crippen LogP contribution in [0.5, 0.6) is 0 Å². The number of aromatic nitrogens is 2. The maximum atomic E-state index is 4.48. The molecule has 0 amide bonds. The largest absolute Gasteiger partial charge is 0.378 e. The first kappa shape index (κ1) is 14.1. The van der Waals surface area contributed by atoms with Crippen molar-refractivity contribution in [2.24, 2.45) is 7.05 Å². The SMILES string of the molecule is Cc1nn(C)c(C)c1NC1CCN(Cc2ccccc2)C1. The van der Waals surface area contributed by atoms with Gasteiger partial charge in [-0.2, -0.15) is 5.10 Å². The molecule has 1 aliphatic rings. The number of nitrogens with one attached hydrogen (secondary N) is 1. The lowest BCUT2D eigenvalue weighted by molar-refractivity contribution is 0.328. The standard InChI is InChI=1S/C17H24N4/c1-13-17(14(2)20(3)19-13)18-16-9-10-21(12-16)11-15-7-5-4-6-8-15/h4-8,16,18H,9-12H2,1-3H3. The second kappa shape index (κ2) is 5.90. The van der Waals surface area contributed by atoms with Gasteiger partial charge in [-0.15, -0.1) is 0 Å². The Balaban J connectivity index is 1.60. The zero-order valence-corrected chi connectivity index (χ0v) is 13.1. The molecule has 4 nitrogen and oxygen atoms in total. The van der Waals surface area contributed by atoms with Gasteiger partial charge in [0.1, 0.15) is 0 Å². The van der Waals surface area contributed by atoms with Crippen LogP contribution in [-0.4, -0.2) is 33.8 Å². The summed E-state index contributed by atoms with van der Waals surface area (Å²) in [4.78, 5) is 2.52. The Morgan fingerprint density at radius 2 is 2.00 bits per heavy atom. The fourth-order valence-corrected chi connectivity index (χ4v) is 3.12. The molecule has 0 saturated carbocycles. The van der Waals surface area contributed by atoms with Crippen LogP contribution in [0.1, 0.15) is 23.4 Å². The lowest BCUT2D eigenvalue weighted by Crippen LogP contribution is -2.26. The maximum absolute atomic E-state index is 4.48. The van der Waals surface area contributed by atoms with Crippen molar-refractivity contribution in [1.82, 2.24) is 14.7 Å². The molecule has 2 aromatic rings. The highest BCUT2D eigenvalue weighted by Gasteiger charge is 2.24. The van der Waals surface area contributed by atoms with Crippen molar-refractivity contribution in [2.75, 3.05) is 18.4 Å². The smallest absolute Gasteiger partial charge is 0.0827 e. The van der Waals surface area contributed by atoms with Gasteiger partial charge < -0.3 is 5.32 Å². The first-order valence-corrected chi connectivity index (χ1v) is 7.66. The molecule has 1 saturated heterocycles. The van der Waals surface area contributed by atoms with Crippen LogP contribution in [0.2, 0.25) is 0 Å². The fourth-order valence-electron chi connectivity index (χ4n) is 3.12. The van der Waals surface area contributed by atoms with Crippen LogP contribution in [0.4, 0.5) is 5.69 Å². The predicted octanol–water partition coefficient (Wildman–Crippen LogP) is 2.72. The molecule has 1 aromatic heterocycles. The summed E-state index contributed by atoms with van der Waals surface area (Å²) < 4.78 is 1.95. The van der Waals surface area contributed by atoms with Gasteiger partial charge in [-0.1, -0.05) is 30.3 Å². The summed E-state index contributed by atoms with van der Waals surface area (Å²) in [6, 6.07) is 11.2. The fraction of sp³-hybridized carbons (Fsp3) is 0.471. The Labute approximate surface area is 126 Å². The van der Waals surface area contributed by atoms with Crippen molar-refractivity contribution in [3.8, 4) is 0 Å². The van der Waals surface area contributed by atoms with Crippen molar-refractivity contribution in [3.63, 3.8) is 0 Å². The summed E-state index contributed by atoms with van der Waals surface area (Å²) in [5, 5.41) is 8.17. The van der Waals surface area contributed by atoms with Crippen molar-refractivity contribution in [2.45, 2.75) is 32.9 Å². The van der Waals surface area contributed by atoms with E-state index >= 15 is 0 Å². The van der Waals surface area contributed by atoms with Crippen molar-refractivity contribution in [1.29, 1.82) is 0 Å². The average Bonchev–Trinajstić information content (AvgIpc) is 3.00. The number of hydrogen-bond acceptors (Lipinski definition) is 3. The van der Waals surface area contributed by atoms with Gasteiger partial charge in [-0.25, -0.2) is 0 Å². The van der Waals surface area contributed by atoms with Gasteiger partial charge in [0.15, 0.2) is 0 Å². The van der Waals surface area contributed by atoms with E-state index in [2.05, 4.69) is 59.5 Å². The van der Waals surface area contributed by atoms with E-state index in [1.807, 2.05) is 11.7 Å². The second-order valence-corrected chi connectivity index (χ2v) is 6.02. The van der Waals surface area contributed by atoms with Crippen molar-refractivity contribution in [3.05, 3.63) is 47.3 Å². The molecule has 21 heavy (non-hydrogen) atoms. The van der Waals surface area contributed by atoms with Crippen LogP contribution in [0.3, 0.4) is 0 Å². The summed E-state index contributed by atoms with van der Waals surface area (Å²) in [5.74, 6) is 0. The monoisotopic (exact) mass is 284 g/mol. The number of aryl methyl sites for hydroxylation is 2. The van der Waals surface area contributed by atoms with Crippen LogP contribution in [0.15, 0.2) is 30.3 Å². The molecule has 1 N–H and O–H groups in total. The van der Waals surface area contributed by atoms with E-state index in [4.69, 9.17) is 0 Å². The Morgan fingerprint density at radius 3 is 2.67 bits per heavy atom. The van der Waals surface area contributed by atoms with E-state index in [0.717, 1.165) is 25.3 Å². The number of likely N-dealkylation sites (tertiary alicyclic amines) is 1. The quantitative estimate of drug-likeness (QED) is 0.937. The molecule has 1 unspecified atom stereocenters. The summed E-state index contributed by atoms with van der Waals surface area (Å²) in [6.07, 6.45) is 1.20. The molecule has 112 valence electrons. The van der Waals surface area contributed by atoms with Crippen LogP contribution in [0.25, 0.3) is 0 Å². The predicted molar refractivity (Wildman–Crippen MR) is 86.4 cm³/mol. The van der Waals surface area contributed by atoms with E-state index in [9.17, 15) is 0 Å². The maximum Gasteiger partial charge on any atom is 0.0827 e. The molecule has 3 rings (SSSR count). The van der Waals surface area contributed by atoms with E-state index < -0.39 is 0 Å². The first-order valence-electron chi connectivity index (χ1n) is 7.66. The molecule has 1 aromatic carbocycles. The third-order valence-electron chi connectivity index (χ3n) is 4.38. The first-order chi connectivity index (χ1) is 10.1. The third kappa shape index (κ3) is 3.10. The minimum absolute atomic E-state index is 0.523. The summed E-state index contributed by atoms with van der Waals surface area (Å²) in [5.41, 5.74) is 4.92. The molecule has 0 spiro atoms. The summed E-state index contributed by atoms with van der Waals surface area (Å²) in [7, 11) is 2.00. The lowest BCUT2D eigenvalue weighted by atomic mass is 10.2. The van der Waals surface area contributed by atoms with Crippen molar-refractivity contribution < 1.29 is 0 Å². The van der Waals surface area contributed by atoms with Gasteiger partial charge in [0.05, 0.1) is 17.1 Å². The van der Waals surface area contributed by atoms with Gasteiger partial charge in [-0.05, 0) is 25.8 Å². The molecule has 0 radical (unpaired) electrons. The second-order valence-electron chi connectivity index (χ2n) is 6.02. The van der Waals surface area contributed by atoms with Crippen LogP contribution in [0, 0.1) is 13.8 Å². The number of hydrogen-bond donors (Lipinski definition) is 1. The topological polar surface area (TPSA) is 33.1 Å². The Hall–Kier alpha value is -1.81. The summed E-state index contributed by atoms with van der Waals surface area (Å²) in [6.45, 7) is 7.50. The molecule has 0 bridgehead atoms. The minimum atomic E-state index is 0.523. The van der Waals surface area contributed by atoms with Gasteiger partial charge in [0.2, 0.25) is 0 Å². The molecule has 1 fully saturated rings. The van der Waals surface area contributed by atoms with E-state index in [0.29, 0.717) is 6.04 Å². The van der Waals surface area contributed by atoms with Gasteiger partial charge >= 0.3 is 0 Å². The minimum Gasteiger partial charge on any atom is -0.378 e. The van der Waals surface area contributed by atoms with Crippen LogP contribution < -0.4 is 5.32 Å². The lowest BCUT2D eigenvalue weighted by Gasteiger charge is -2.17. The van der Waals surface area contributed by atoms with Crippen LogP contribution in [-0.2, 0) is 13.6 Å². The number of anilines is 1. The zero-order valence-electron chi connectivity index (χ0n) is 13.1. The molecule has 2 heterocycles. The molecule has 0 aliphatic carbocycles. The van der Waals surface area contributed by atoms with Gasteiger partial charge in [0.25, 0.3) is 0 Å². The number of nitrogens with zero attached hydrogens (tertiary/aromatic N) is 3. The molecule has 4 heteroatoms. The normalized spacial score (nSPS) is 19.1. The van der Waals surface area contributed by atoms with E-state index in [1.165, 1.54) is 23.4 Å². The highest BCUT2D eigenvalue weighted by atomic mass is 15.3. The van der Waals surface area contributed by atoms with E-state index in [1.54, 1.807) is 0 Å². The van der Waals surface area contributed by atoms with Crippen molar-refractivity contribution >= 4 is 5.69 Å². The zero-order chi connectivity index (χ0) is 14.8. The van der Waals surface area contributed by atoms with Gasteiger partial charge in [-0.3, -0.25) is 9.58 Å². The van der Waals surface area contributed by atoms with E-state index in [-0.39, 0.29) is 0 Å². The Morgan fingerprint density at radius 1 is 1.24 bits per heavy atom. The third-order valence-corrected chi connectivity index (χ3v) is 4.38. The Bertz CT molecular complexity index is 603. The number of benzene rings is 1.